The molecule has 1 aromatic carbocycles. The molecule has 1 fully saturated rings. The molecule has 0 saturated carbocycles. The molecule has 0 spiro atoms. The molecule has 1 atom stereocenters. The number of carbonyl (C=O) groups is 2. The zero-order valence-electron chi connectivity index (χ0n) is 13.2. The number of hydrogen-bond acceptors (Lipinski definition) is 5. The van der Waals surface area contributed by atoms with Crippen molar-refractivity contribution in [3.63, 3.8) is 0 Å². The van der Waals surface area contributed by atoms with E-state index in [2.05, 4.69) is 0 Å². The van der Waals surface area contributed by atoms with Crippen molar-refractivity contribution < 1.29 is 23.8 Å². The van der Waals surface area contributed by atoms with E-state index in [1.807, 2.05) is 18.2 Å². The van der Waals surface area contributed by atoms with Crippen LogP contribution >= 0.6 is 0 Å². The molecule has 6 heteroatoms. The summed E-state index contributed by atoms with van der Waals surface area (Å²) in [6.45, 7) is 3.53. The van der Waals surface area contributed by atoms with E-state index in [1.165, 1.54) is 0 Å². The van der Waals surface area contributed by atoms with E-state index < -0.39 is 0 Å². The molecule has 6 nitrogen and oxygen atoms in total. The van der Waals surface area contributed by atoms with Crippen molar-refractivity contribution in [1.82, 2.24) is 4.90 Å². The number of hydrogen-bond donors (Lipinski definition) is 0. The largest absolute Gasteiger partial charge is 0.466 e. The minimum atomic E-state index is -0.204. The SMILES string of the molecule is CCOC(=O)C1CCCN(C(=O)Cc2ccc3c(c2)OCO3)C1. The second-order valence-corrected chi connectivity index (χ2v) is 5.80. The molecule has 2 aliphatic heterocycles. The van der Waals surface area contributed by atoms with Crippen LogP contribution in [0.5, 0.6) is 11.5 Å². The fourth-order valence-electron chi connectivity index (χ4n) is 2.99. The van der Waals surface area contributed by atoms with E-state index in [-0.39, 0.29) is 24.6 Å². The average Bonchev–Trinajstić information content (AvgIpc) is 3.03. The maximum absolute atomic E-state index is 12.5. The third-order valence-corrected chi connectivity index (χ3v) is 4.19. The van der Waals surface area contributed by atoms with Gasteiger partial charge in [-0.2, -0.15) is 0 Å². The number of nitrogens with zero attached hydrogens (tertiary/aromatic N) is 1. The van der Waals surface area contributed by atoms with Gasteiger partial charge < -0.3 is 19.1 Å². The molecule has 124 valence electrons. The van der Waals surface area contributed by atoms with E-state index in [9.17, 15) is 9.59 Å². The van der Waals surface area contributed by atoms with Crippen LogP contribution in [0.2, 0.25) is 0 Å². The number of ether oxygens (including phenoxy) is 3. The quantitative estimate of drug-likeness (QED) is 0.791. The molecule has 1 aromatic rings. The molecule has 3 rings (SSSR count). The van der Waals surface area contributed by atoms with E-state index >= 15 is 0 Å². The Morgan fingerprint density at radius 3 is 2.96 bits per heavy atom. The van der Waals surface area contributed by atoms with Crippen molar-refractivity contribution in [2.24, 2.45) is 5.92 Å². The van der Waals surface area contributed by atoms with E-state index in [1.54, 1.807) is 11.8 Å². The number of amides is 1. The molecule has 23 heavy (non-hydrogen) atoms. The molecule has 0 aromatic heterocycles. The lowest BCUT2D eigenvalue weighted by molar-refractivity contribution is -0.151. The van der Waals surface area contributed by atoms with Crippen LogP contribution in [0, 0.1) is 5.92 Å². The minimum Gasteiger partial charge on any atom is -0.466 e. The third kappa shape index (κ3) is 3.57. The molecule has 1 amide bonds. The average molecular weight is 319 g/mol. The summed E-state index contributed by atoms with van der Waals surface area (Å²) in [6.07, 6.45) is 1.91. The smallest absolute Gasteiger partial charge is 0.310 e. The molecule has 2 aliphatic rings. The predicted molar refractivity (Wildman–Crippen MR) is 82.2 cm³/mol. The van der Waals surface area contributed by atoms with Gasteiger partial charge in [0.2, 0.25) is 12.7 Å². The summed E-state index contributed by atoms with van der Waals surface area (Å²) in [5.41, 5.74) is 0.887. The standard InChI is InChI=1S/C17H21NO5/c1-2-21-17(20)13-4-3-7-18(10-13)16(19)9-12-5-6-14-15(8-12)23-11-22-14/h5-6,8,13H,2-4,7,9-11H2,1H3. The molecule has 0 bridgehead atoms. The Hall–Kier alpha value is -2.24. The summed E-state index contributed by atoms with van der Waals surface area (Å²) < 4.78 is 15.7. The summed E-state index contributed by atoms with van der Waals surface area (Å²) in [5, 5.41) is 0. The molecular formula is C17H21NO5. The van der Waals surface area contributed by atoms with Gasteiger partial charge in [-0.05, 0) is 37.5 Å². The number of carbonyl (C=O) groups excluding carboxylic acids is 2. The Morgan fingerprint density at radius 1 is 1.30 bits per heavy atom. The van der Waals surface area contributed by atoms with Gasteiger partial charge in [0.15, 0.2) is 11.5 Å². The maximum atomic E-state index is 12.5. The van der Waals surface area contributed by atoms with Gasteiger partial charge in [-0.25, -0.2) is 0 Å². The lowest BCUT2D eigenvalue weighted by Gasteiger charge is -2.31. The van der Waals surface area contributed by atoms with Gasteiger partial charge in [-0.15, -0.1) is 0 Å². The van der Waals surface area contributed by atoms with Crippen LogP contribution in [0.15, 0.2) is 18.2 Å². The Bertz CT molecular complexity index is 601. The van der Waals surface area contributed by atoms with Gasteiger partial charge in [-0.1, -0.05) is 6.07 Å². The van der Waals surface area contributed by atoms with Gasteiger partial charge in [-0.3, -0.25) is 9.59 Å². The Kier molecular flexibility index (Phi) is 4.69. The normalized spacial score (nSPS) is 19.5. The number of piperidine rings is 1. The van der Waals surface area contributed by atoms with Gasteiger partial charge in [0.25, 0.3) is 0 Å². The summed E-state index contributed by atoms with van der Waals surface area (Å²) in [4.78, 5) is 26.1. The Morgan fingerprint density at radius 2 is 2.13 bits per heavy atom. The van der Waals surface area contributed by atoms with Crippen LogP contribution in [-0.4, -0.2) is 43.3 Å². The van der Waals surface area contributed by atoms with Crippen molar-refractivity contribution >= 4 is 11.9 Å². The first-order valence-corrected chi connectivity index (χ1v) is 8.00. The number of rotatable bonds is 4. The van der Waals surface area contributed by atoms with Crippen molar-refractivity contribution in [3.05, 3.63) is 23.8 Å². The van der Waals surface area contributed by atoms with E-state index in [0.29, 0.717) is 37.6 Å². The zero-order chi connectivity index (χ0) is 16.2. The van der Waals surface area contributed by atoms with Gasteiger partial charge >= 0.3 is 5.97 Å². The van der Waals surface area contributed by atoms with Gasteiger partial charge in [0, 0.05) is 13.1 Å². The summed E-state index contributed by atoms with van der Waals surface area (Å²) in [6, 6.07) is 5.54. The van der Waals surface area contributed by atoms with Crippen LogP contribution < -0.4 is 9.47 Å². The van der Waals surface area contributed by atoms with Crippen LogP contribution in [0.25, 0.3) is 0 Å². The highest BCUT2D eigenvalue weighted by molar-refractivity contribution is 5.80. The molecule has 0 radical (unpaired) electrons. The first kappa shape index (κ1) is 15.6. The maximum Gasteiger partial charge on any atom is 0.310 e. The van der Waals surface area contributed by atoms with Crippen molar-refractivity contribution in [1.29, 1.82) is 0 Å². The van der Waals surface area contributed by atoms with E-state index in [4.69, 9.17) is 14.2 Å². The number of likely N-dealkylation sites (tertiary alicyclic amines) is 1. The first-order chi connectivity index (χ1) is 11.2. The molecular weight excluding hydrogens is 298 g/mol. The summed E-state index contributed by atoms with van der Waals surface area (Å²) >= 11 is 0. The Labute approximate surface area is 135 Å². The monoisotopic (exact) mass is 319 g/mol. The second kappa shape index (κ2) is 6.89. The molecule has 0 N–H and O–H groups in total. The fraction of sp³-hybridized carbons (Fsp3) is 0.529. The molecule has 1 unspecified atom stereocenters. The van der Waals surface area contributed by atoms with Crippen LogP contribution in [-0.2, 0) is 20.7 Å². The topological polar surface area (TPSA) is 65.1 Å². The number of fused-ring (bicyclic) bond motifs is 1. The third-order valence-electron chi connectivity index (χ3n) is 4.19. The Balaban J connectivity index is 1.60. The van der Waals surface area contributed by atoms with Crippen molar-refractivity contribution in [3.8, 4) is 11.5 Å². The number of benzene rings is 1. The first-order valence-electron chi connectivity index (χ1n) is 8.00. The fourth-order valence-corrected chi connectivity index (χ4v) is 2.99. The lowest BCUT2D eigenvalue weighted by atomic mass is 9.97. The van der Waals surface area contributed by atoms with Crippen LogP contribution in [0.4, 0.5) is 0 Å². The second-order valence-electron chi connectivity index (χ2n) is 5.80. The predicted octanol–water partition coefficient (Wildman–Crippen LogP) is 1.76. The zero-order valence-corrected chi connectivity index (χ0v) is 13.2. The highest BCUT2D eigenvalue weighted by Gasteiger charge is 2.29. The van der Waals surface area contributed by atoms with Crippen molar-refractivity contribution in [2.45, 2.75) is 26.2 Å². The van der Waals surface area contributed by atoms with Gasteiger partial charge in [0.1, 0.15) is 0 Å². The minimum absolute atomic E-state index is 0.0258. The van der Waals surface area contributed by atoms with E-state index in [0.717, 1.165) is 18.4 Å². The molecule has 0 aliphatic carbocycles. The molecule has 1 saturated heterocycles. The number of esters is 1. The van der Waals surface area contributed by atoms with Crippen LogP contribution in [0.1, 0.15) is 25.3 Å². The summed E-state index contributed by atoms with van der Waals surface area (Å²) in [7, 11) is 0. The highest BCUT2D eigenvalue weighted by Crippen LogP contribution is 2.32. The highest BCUT2D eigenvalue weighted by atomic mass is 16.7. The van der Waals surface area contributed by atoms with Crippen LogP contribution in [0.3, 0.4) is 0 Å². The lowest BCUT2D eigenvalue weighted by Crippen LogP contribution is -2.43. The summed E-state index contributed by atoms with van der Waals surface area (Å²) in [5.74, 6) is 1.01. The van der Waals surface area contributed by atoms with Crippen molar-refractivity contribution in [2.75, 3.05) is 26.5 Å². The van der Waals surface area contributed by atoms with Gasteiger partial charge in [0.05, 0.1) is 18.9 Å². The molecule has 2 heterocycles.